The van der Waals surface area contributed by atoms with E-state index in [-0.39, 0.29) is 11.4 Å². The van der Waals surface area contributed by atoms with E-state index in [2.05, 4.69) is 9.71 Å². The first-order valence-electron chi connectivity index (χ1n) is 5.78. The molecule has 0 fully saturated rings. The summed E-state index contributed by atoms with van der Waals surface area (Å²) in [5.41, 5.74) is 6.57. The van der Waals surface area contributed by atoms with Crippen LogP contribution in [0.4, 0.5) is 0 Å². The molecule has 2 aromatic rings. The molecule has 5 nitrogen and oxygen atoms in total. The summed E-state index contributed by atoms with van der Waals surface area (Å²) in [4.78, 5) is 4.88. The highest BCUT2D eigenvalue weighted by Gasteiger charge is 2.18. The summed E-state index contributed by atoms with van der Waals surface area (Å²) < 4.78 is 26.8. The summed E-state index contributed by atoms with van der Waals surface area (Å²) in [6.45, 7) is 0.588. The SMILES string of the molecule is NCc1sccc1S(=O)(=O)NCCc1ccncc1. The third-order valence-corrected chi connectivity index (χ3v) is 5.25. The van der Waals surface area contributed by atoms with Gasteiger partial charge in [-0.25, -0.2) is 13.1 Å². The molecule has 2 aromatic heterocycles. The van der Waals surface area contributed by atoms with Crippen LogP contribution in [0.1, 0.15) is 10.4 Å². The molecule has 0 aromatic carbocycles. The fourth-order valence-electron chi connectivity index (χ4n) is 1.67. The van der Waals surface area contributed by atoms with E-state index in [1.54, 1.807) is 23.8 Å². The fraction of sp³-hybridized carbons (Fsp3) is 0.250. The monoisotopic (exact) mass is 297 g/mol. The standard InChI is InChI=1S/C12H15N3O2S2/c13-9-11-12(4-8-18-11)19(16,17)15-7-3-10-1-5-14-6-2-10/h1-2,4-6,8,15H,3,7,9,13H2. The van der Waals surface area contributed by atoms with Gasteiger partial charge in [0.05, 0.1) is 4.90 Å². The predicted octanol–water partition coefficient (Wildman–Crippen LogP) is 1.12. The van der Waals surface area contributed by atoms with E-state index in [0.717, 1.165) is 5.56 Å². The molecule has 2 heterocycles. The van der Waals surface area contributed by atoms with Gasteiger partial charge in [0.25, 0.3) is 0 Å². The lowest BCUT2D eigenvalue weighted by atomic mass is 10.2. The molecule has 0 aliphatic rings. The van der Waals surface area contributed by atoms with Gasteiger partial charge in [-0.05, 0) is 35.6 Å². The van der Waals surface area contributed by atoms with Crippen molar-refractivity contribution in [3.05, 3.63) is 46.4 Å². The number of nitrogens with zero attached hydrogens (tertiary/aromatic N) is 1. The summed E-state index contributed by atoms with van der Waals surface area (Å²) in [5, 5.41) is 1.74. The van der Waals surface area contributed by atoms with Crippen molar-refractivity contribution in [2.24, 2.45) is 5.73 Å². The van der Waals surface area contributed by atoms with Gasteiger partial charge in [0.1, 0.15) is 0 Å². The molecule has 7 heteroatoms. The number of sulfonamides is 1. The Labute approximate surface area is 116 Å². The number of pyridine rings is 1. The Morgan fingerprint density at radius 3 is 2.68 bits per heavy atom. The maximum Gasteiger partial charge on any atom is 0.241 e. The van der Waals surface area contributed by atoms with Crippen molar-refractivity contribution in [1.29, 1.82) is 0 Å². The zero-order valence-corrected chi connectivity index (χ0v) is 11.9. The van der Waals surface area contributed by atoms with Crippen LogP contribution in [0.2, 0.25) is 0 Å². The summed E-state index contributed by atoms with van der Waals surface area (Å²) in [7, 11) is -3.47. The molecular formula is C12H15N3O2S2. The van der Waals surface area contributed by atoms with Crippen LogP contribution in [0.3, 0.4) is 0 Å². The molecule has 0 radical (unpaired) electrons. The minimum atomic E-state index is -3.47. The second-order valence-corrected chi connectivity index (χ2v) is 6.65. The summed E-state index contributed by atoms with van der Waals surface area (Å²) in [6, 6.07) is 5.32. The lowest BCUT2D eigenvalue weighted by Crippen LogP contribution is -2.26. The molecule has 0 aliphatic heterocycles. The Morgan fingerprint density at radius 2 is 2.00 bits per heavy atom. The van der Waals surface area contributed by atoms with Gasteiger partial charge in [-0.15, -0.1) is 11.3 Å². The quantitative estimate of drug-likeness (QED) is 0.837. The highest BCUT2D eigenvalue weighted by Crippen LogP contribution is 2.20. The maximum atomic E-state index is 12.1. The van der Waals surface area contributed by atoms with E-state index in [1.807, 2.05) is 12.1 Å². The fourth-order valence-corrected chi connectivity index (χ4v) is 4.04. The number of hydrogen-bond donors (Lipinski definition) is 2. The second kappa shape index (κ2) is 6.25. The number of hydrogen-bond acceptors (Lipinski definition) is 5. The van der Waals surface area contributed by atoms with Gasteiger partial charge in [0, 0.05) is 30.4 Å². The van der Waals surface area contributed by atoms with Crippen molar-refractivity contribution in [3.8, 4) is 0 Å². The van der Waals surface area contributed by atoms with Crippen molar-refractivity contribution in [1.82, 2.24) is 9.71 Å². The molecule has 102 valence electrons. The van der Waals surface area contributed by atoms with Crippen molar-refractivity contribution in [2.75, 3.05) is 6.54 Å². The predicted molar refractivity (Wildman–Crippen MR) is 75.3 cm³/mol. The molecule has 0 saturated heterocycles. The van der Waals surface area contributed by atoms with Gasteiger partial charge in [-0.1, -0.05) is 0 Å². The van der Waals surface area contributed by atoms with Crippen LogP contribution in [0.15, 0.2) is 40.9 Å². The van der Waals surface area contributed by atoms with Gasteiger partial charge in [-0.3, -0.25) is 4.98 Å². The smallest absolute Gasteiger partial charge is 0.241 e. The molecule has 0 spiro atoms. The molecule has 19 heavy (non-hydrogen) atoms. The molecule has 0 unspecified atom stereocenters. The van der Waals surface area contributed by atoms with Crippen molar-refractivity contribution in [2.45, 2.75) is 17.9 Å². The van der Waals surface area contributed by atoms with Crippen LogP contribution < -0.4 is 10.5 Å². The van der Waals surface area contributed by atoms with Crippen LogP contribution >= 0.6 is 11.3 Å². The van der Waals surface area contributed by atoms with E-state index in [9.17, 15) is 8.42 Å². The van der Waals surface area contributed by atoms with Gasteiger partial charge in [0.15, 0.2) is 0 Å². The van der Waals surface area contributed by atoms with Crippen LogP contribution in [0.5, 0.6) is 0 Å². The van der Waals surface area contributed by atoms with Crippen LogP contribution in [-0.4, -0.2) is 19.9 Å². The van der Waals surface area contributed by atoms with Crippen molar-refractivity contribution in [3.63, 3.8) is 0 Å². The molecule has 0 aliphatic carbocycles. The van der Waals surface area contributed by atoms with E-state index in [0.29, 0.717) is 17.8 Å². The minimum absolute atomic E-state index is 0.234. The average Bonchev–Trinajstić information content (AvgIpc) is 2.89. The lowest BCUT2D eigenvalue weighted by Gasteiger charge is -2.07. The minimum Gasteiger partial charge on any atom is -0.326 e. The number of nitrogens with one attached hydrogen (secondary N) is 1. The summed E-state index contributed by atoms with van der Waals surface area (Å²) in [6.07, 6.45) is 4.01. The van der Waals surface area contributed by atoms with Gasteiger partial charge in [-0.2, -0.15) is 0 Å². The van der Waals surface area contributed by atoms with E-state index >= 15 is 0 Å². The molecule has 2 rings (SSSR count). The molecule has 0 bridgehead atoms. The molecule has 0 saturated carbocycles. The van der Waals surface area contributed by atoms with Crippen LogP contribution in [-0.2, 0) is 23.0 Å². The van der Waals surface area contributed by atoms with Gasteiger partial charge < -0.3 is 5.73 Å². The third-order valence-electron chi connectivity index (χ3n) is 2.63. The largest absolute Gasteiger partial charge is 0.326 e. The maximum absolute atomic E-state index is 12.1. The number of rotatable bonds is 6. The third kappa shape index (κ3) is 3.60. The van der Waals surface area contributed by atoms with E-state index in [4.69, 9.17) is 5.73 Å². The first kappa shape index (κ1) is 14.1. The Hall–Kier alpha value is -1.28. The molecule has 0 atom stereocenters. The zero-order chi connectivity index (χ0) is 13.7. The highest BCUT2D eigenvalue weighted by atomic mass is 32.2. The van der Waals surface area contributed by atoms with Crippen molar-refractivity contribution >= 4 is 21.4 Å². The Kier molecular flexibility index (Phi) is 4.65. The summed E-state index contributed by atoms with van der Waals surface area (Å²) in [5.74, 6) is 0. The second-order valence-electron chi connectivity index (χ2n) is 3.92. The van der Waals surface area contributed by atoms with Crippen LogP contribution in [0.25, 0.3) is 0 Å². The Morgan fingerprint density at radius 1 is 1.26 bits per heavy atom. The average molecular weight is 297 g/mol. The number of nitrogens with two attached hydrogens (primary N) is 1. The van der Waals surface area contributed by atoms with Gasteiger partial charge in [0.2, 0.25) is 10.0 Å². The molecular weight excluding hydrogens is 282 g/mol. The lowest BCUT2D eigenvalue weighted by molar-refractivity contribution is 0.581. The number of thiophene rings is 1. The van der Waals surface area contributed by atoms with E-state index in [1.165, 1.54) is 11.3 Å². The summed E-state index contributed by atoms with van der Waals surface area (Å²) >= 11 is 1.35. The topological polar surface area (TPSA) is 85.1 Å². The van der Waals surface area contributed by atoms with Gasteiger partial charge >= 0.3 is 0 Å². The molecule has 0 amide bonds. The van der Waals surface area contributed by atoms with Crippen LogP contribution in [0, 0.1) is 0 Å². The first-order valence-corrected chi connectivity index (χ1v) is 8.15. The zero-order valence-electron chi connectivity index (χ0n) is 10.2. The Bertz CT molecular complexity index is 623. The van der Waals surface area contributed by atoms with E-state index < -0.39 is 10.0 Å². The molecule has 3 N–H and O–H groups in total. The number of aromatic nitrogens is 1. The first-order chi connectivity index (χ1) is 9.13. The highest BCUT2D eigenvalue weighted by molar-refractivity contribution is 7.89. The van der Waals surface area contributed by atoms with Crippen molar-refractivity contribution < 1.29 is 8.42 Å². The normalized spacial score (nSPS) is 11.6. The Balaban J connectivity index is 1.99.